The molecular weight excluding hydrogens is 352 g/mol. The van der Waals surface area contributed by atoms with Crippen LogP contribution in [-0.4, -0.2) is 11.2 Å². The Balaban J connectivity index is 1.57. The molecule has 0 aromatic heterocycles. The summed E-state index contributed by atoms with van der Waals surface area (Å²) in [6, 6.07) is 0. The molecule has 0 amide bonds. The van der Waals surface area contributed by atoms with E-state index in [-0.39, 0.29) is 11.5 Å². The van der Waals surface area contributed by atoms with Gasteiger partial charge in [-0.05, 0) is 86.4 Å². The lowest BCUT2D eigenvalue weighted by Crippen LogP contribution is -2.41. The van der Waals surface area contributed by atoms with Crippen LogP contribution >= 0.6 is 0 Å². The fraction of sp³-hybridized carbons (Fsp3) is 0.786. The molecule has 0 heterocycles. The minimum atomic E-state index is -0.109. The molecule has 1 nitrogen and oxygen atoms in total. The summed E-state index contributed by atoms with van der Waals surface area (Å²) in [5, 5.41) is 10.2. The monoisotopic (exact) mass is 396 g/mol. The smallest absolute Gasteiger partial charge is 0.0578 e. The average Bonchev–Trinajstić information content (AvgIpc) is 3.03. The third-order valence-corrected chi connectivity index (χ3v) is 9.91. The molecule has 4 aliphatic carbocycles. The highest BCUT2D eigenvalue weighted by atomic mass is 16.3. The Hall–Kier alpha value is -0.820. The van der Waals surface area contributed by atoms with Gasteiger partial charge in [-0.3, -0.25) is 0 Å². The molecule has 0 aromatic carbocycles. The van der Waals surface area contributed by atoms with Crippen molar-refractivity contribution in [2.24, 2.45) is 40.4 Å². The molecule has 2 fully saturated rings. The third kappa shape index (κ3) is 3.50. The van der Waals surface area contributed by atoms with Gasteiger partial charge in [-0.15, -0.1) is 0 Å². The molecule has 4 rings (SSSR count). The summed E-state index contributed by atoms with van der Waals surface area (Å²) in [6.07, 6.45) is 17.1. The van der Waals surface area contributed by atoms with Crippen LogP contribution in [0.4, 0.5) is 0 Å². The molecule has 2 saturated carbocycles. The number of hydrogen-bond donors (Lipinski definition) is 1. The van der Waals surface area contributed by atoms with E-state index < -0.39 is 0 Å². The molecular formula is C28H44O. The largest absolute Gasteiger partial charge is 0.393 e. The van der Waals surface area contributed by atoms with E-state index in [1.54, 1.807) is 11.1 Å². The average molecular weight is 397 g/mol. The molecule has 0 saturated heterocycles. The molecule has 0 unspecified atom stereocenters. The van der Waals surface area contributed by atoms with Crippen molar-refractivity contribution in [3.05, 3.63) is 34.9 Å². The molecule has 1 N–H and O–H groups in total. The molecule has 0 aliphatic heterocycles. The van der Waals surface area contributed by atoms with E-state index in [0.29, 0.717) is 17.3 Å². The maximum Gasteiger partial charge on any atom is 0.0578 e. The molecule has 162 valence electrons. The summed E-state index contributed by atoms with van der Waals surface area (Å²) < 4.78 is 0. The van der Waals surface area contributed by atoms with Crippen molar-refractivity contribution in [3.63, 3.8) is 0 Å². The molecule has 0 aromatic rings. The van der Waals surface area contributed by atoms with Gasteiger partial charge in [-0.1, -0.05) is 76.5 Å². The van der Waals surface area contributed by atoms with Crippen molar-refractivity contribution in [1.82, 2.24) is 0 Å². The SMILES string of the molecule is CC(C)[C@@H](C)/C=C/[C@H](C)[C@H]1CC[C@H]2C3=C(CC[C@]12C)[C@@]1(C)CC[C@H](O)CC1=CC3. The van der Waals surface area contributed by atoms with E-state index in [1.165, 1.54) is 25.7 Å². The van der Waals surface area contributed by atoms with Crippen LogP contribution in [-0.2, 0) is 0 Å². The van der Waals surface area contributed by atoms with Gasteiger partial charge in [0.2, 0.25) is 0 Å². The number of fused-ring (bicyclic) bond motifs is 4. The summed E-state index contributed by atoms with van der Waals surface area (Å²) in [5.41, 5.74) is 5.88. The summed E-state index contributed by atoms with van der Waals surface area (Å²) in [7, 11) is 0. The van der Waals surface area contributed by atoms with Gasteiger partial charge in [0.25, 0.3) is 0 Å². The zero-order valence-corrected chi connectivity index (χ0v) is 19.8. The minimum Gasteiger partial charge on any atom is -0.393 e. The van der Waals surface area contributed by atoms with Crippen LogP contribution in [0.1, 0.15) is 92.9 Å². The fourth-order valence-electron chi connectivity index (χ4n) is 7.51. The maximum absolute atomic E-state index is 10.2. The van der Waals surface area contributed by atoms with Gasteiger partial charge in [0.15, 0.2) is 0 Å². The number of aliphatic hydroxyl groups excluding tert-OH is 1. The predicted molar refractivity (Wildman–Crippen MR) is 124 cm³/mol. The first-order valence-electron chi connectivity index (χ1n) is 12.4. The van der Waals surface area contributed by atoms with Gasteiger partial charge in [0, 0.05) is 5.41 Å². The van der Waals surface area contributed by atoms with Crippen LogP contribution in [0.15, 0.2) is 34.9 Å². The highest BCUT2D eigenvalue weighted by Crippen LogP contribution is 2.64. The molecule has 29 heavy (non-hydrogen) atoms. The maximum atomic E-state index is 10.2. The van der Waals surface area contributed by atoms with E-state index in [1.807, 2.05) is 5.57 Å². The highest BCUT2D eigenvalue weighted by molar-refractivity contribution is 5.43. The second kappa shape index (κ2) is 7.70. The van der Waals surface area contributed by atoms with Gasteiger partial charge in [-0.2, -0.15) is 0 Å². The van der Waals surface area contributed by atoms with Gasteiger partial charge >= 0.3 is 0 Å². The second-order valence-electron chi connectivity index (χ2n) is 11.8. The Morgan fingerprint density at radius 3 is 2.52 bits per heavy atom. The van der Waals surface area contributed by atoms with Crippen molar-refractivity contribution in [3.8, 4) is 0 Å². The second-order valence-corrected chi connectivity index (χ2v) is 11.8. The van der Waals surface area contributed by atoms with E-state index >= 15 is 0 Å². The van der Waals surface area contributed by atoms with E-state index in [9.17, 15) is 5.11 Å². The van der Waals surface area contributed by atoms with Gasteiger partial charge in [0.05, 0.1) is 6.10 Å². The number of rotatable bonds is 4. The first-order chi connectivity index (χ1) is 13.7. The van der Waals surface area contributed by atoms with Crippen molar-refractivity contribution < 1.29 is 5.11 Å². The van der Waals surface area contributed by atoms with Crippen molar-refractivity contribution in [1.29, 1.82) is 0 Å². The van der Waals surface area contributed by atoms with Gasteiger partial charge < -0.3 is 5.11 Å². The summed E-state index contributed by atoms with van der Waals surface area (Å²) >= 11 is 0. The van der Waals surface area contributed by atoms with Crippen LogP contribution in [0.5, 0.6) is 0 Å². The molecule has 0 radical (unpaired) electrons. The van der Waals surface area contributed by atoms with Crippen molar-refractivity contribution in [2.75, 3.05) is 0 Å². The van der Waals surface area contributed by atoms with E-state index in [0.717, 1.165) is 43.4 Å². The summed E-state index contributed by atoms with van der Waals surface area (Å²) in [4.78, 5) is 0. The molecule has 7 atom stereocenters. The van der Waals surface area contributed by atoms with Crippen LogP contribution in [0.25, 0.3) is 0 Å². The van der Waals surface area contributed by atoms with E-state index in [2.05, 4.69) is 59.8 Å². The first kappa shape index (κ1) is 21.4. The van der Waals surface area contributed by atoms with Gasteiger partial charge in [-0.25, -0.2) is 0 Å². The molecule has 0 spiro atoms. The number of hydrogen-bond acceptors (Lipinski definition) is 1. The Labute approximate surface area is 179 Å². The Kier molecular flexibility index (Phi) is 5.69. The zero-order valence-electron chi connectivity index (χ0n) is 19.8. The predicted octanol–water partition coefficient (Wildman–Crippen LogP) is 7.47. The highest BCUT2D eigenvalue weighted by Gasteiger charge is 2.54. The topological polar surface area (TPSA) is 20.2 Å². The summed E-state index contributed by atoms with van der Waals surface area (Å²) in [6.45, 7) is 14.6. The standard InChI is InChI=1S/C28H44O/c1-18(2)19(3)7-8-20(4)24-11-12-25-23-10-9-21-17-22(29)13-15-27(21,5)26(23)14-16-28(24,25)6/h7-9,18-20,22,24-25,29H,10-17H2,1-6H3/b8-7+/t19-,20-,22-,24+,25-,27-,28+/m0/s1. The lowest BCUT2D eigenvalue weighted by Gasteiger charge is -2.52. The Morgan fingerprint density at radius 1 is 1.03 bits per heavy atom. The lowest BCUT2D eigenvalue weighted by molar-refractivity contribution is 0.0971. The van der Waals surface area contributed by atoms with Gasteiger partial charge in [0.1, 0.15) is 0 Å². The van der Waals surface area contributed by atoms with Crippen LogP contribution in [0.3, 0.4) is 0 Å². The van der Waals surface area contributed by atoms with E-state index in [4.69, 9.17) is 0 Å². The van der Waals surface area contributed by atoms with Crippen LogP contribution in [0.2, 0.25) is 0 Å². The quantitative estimate of drug-likeness (QED) is 0.488. The number of allylic oxidation sites excluding steroid dienone is 5. The third-order valence-electron chi connectivity index (χ3n) is 9.91. The minimum absolute atomic E-state index is 0.109. The van der Waals surface area contributed by atoms with Crippen LogP contribution < -0.4 is 0 Å². The lowest BCUT2D eigenvalue weighted by atomic mass is 9.53. The van der Waals surface area contributed by atoms with Crippen molar-refractivity contribution in [2.45, 2.75) is 99.0 Å². The molecule has 0 bridgehead atoms. The normalized spacial score (nSPS) is 41.8. The number of aliphatic hydroxyl groups is 1. The Bertz CT molecular complexity index is 725. The van der Waals surface area contributed by atoms with Crippen molar-refractivity contribution >= 4 is 0 Å². The molecule has 1 heteroatoms. The summed E-state index contributed by atoms with van der Waals surface area (Å²) in [5.74, 6) is 3.69. The zero-order chi connectivity index (χ0) is 21.0. The fourth-order valence-corrected chi connectivity index (χ4v) is 7.51. The van der Waals surface area contributed by atoms with Crippen LogP contribution in [0, 0.1) is 40.4 Å². The first-order valence-corrected chi connectivity index (χ1v) is 12.4. The molecule has 4 aliphatic rings. The Morgan fingerprint density at radius 2 is 1.79 bits per heavy atom.